The Balaban J connectivity index is 2.36. The van der Waals surface area contributed by atoms with Crippen LogP contribution in [0, 0.1) is 11.3 Å². The fraction of sp³-hybridized carbons (Fsp3) is 0.889. The van der Waals surface area contributed by atoms with Crippen LogP contribution in [0.25, 0.3) is 0 Å². The molecule has 0 aromatic rings. The molecule has 1 aliphatic heterocycles. The van der Waals surface area contributed by atoms with E-state index in [1.807, 2.05) is 0 Å². The van der Waals surface area contributed by atoms with Gasteiger partial charge in [0.2, 0.25) is 0 Å². The van der Waals surface area contributed by atoms with Crippen molar-refractivity contribution in [3.8, 4) is 6.07 Å². The third-order valence-corrected chi connectivity index (χ3v) is 2.64. The van der Waals surface area contributed by atoms with Crippen LogP contribution in [0.5, 0.6) is 0 Å². The molecule has 2 heteroatoms. The molecule has 0 spiro atoms. The molecule has 1 fully saturated rings. The number of likely N-dealkylation sites (tertiary alicyclic amines) is 1. The zero-order valence-corrected chi connectivity index (χ0v) is 7.38. The fourth-order valence-electron chi connectivity index (χ4n) is 1.68. The maximum Gasteiger partial charge on any atom is 0.0638 e. The summed E-state index contributed by atoms with van der Waals surface area (Å²) in [5.74, 6) is 0. The monoisotopic (exact) mass is 152 g/mol. The van der Waals surface area contributed by atoms with Crippen LogP contribution in [-0.4, -0.2) is 23.5 Å². The summed E-state index contributed by atoms with van der Waals surface area (Å²) >= 11 is 0. The first-order chi connectivity index (χ1) is 5.29. The topological polar surface area (TPSA) is 27.0 Å². The predicted octanol–water partition coefficient (Wildman–Crippen LogP) is 1.77. The van der Waals surface area contributed by atoms with Gasteiger partial charge in [-0.05, 0) is 19.8 Å². The molecule has 0 aromatic carbocycles. The Morgan fingerprint density at radius 3 is 2.73 bits per heavy atom. The second-order valence-corrected chi connectivity index (χ2v) is 3.30. The quantitative estimate of drug-likeness (QED) is 0.616. The van der Waals surface area contributed by atoms with Crippen molar-refractivity contribution in [1.29, 1.82) is 5.26 Å². The average molecular weight is 152 g/mol. The van der Waals surface area contributed by atoms with E-state index >= 15 is 0 Å². The standard InChI is InChI=1S/C9H16N2/c1-3-9(4-6-10)11-7-5-8(11)2/h8-9H,3-5,7H2,1-2H3. The van der Waals surface area contributed by atoms with Gasteiger partial charge in [-0.15, -0.1) is 0 Å². The molecular formula is C9H16N2. The maximum absolute atomic E-state index is 8.55. The van der Waals surface area contributed by atoms with Crippen LogP contribution in [0.15, 0.2) is 0 Å². The van der Waals surface area contributed by atoms with Crippen molar-refractivity contribution < 1.29 is 0 Å². The number of nitriles is 1. The summed E-state index contributed by atoms with van der Waals surface area (Å²) in [6, 6.07) is 3.48. The SMILES string of the molecule is CCC(CC#N)N1CCC1C. The van der Waals surface area contributed by atoms with Crippen LogP contribution in [0.1, 0.15) is 33.1 Å². The van der Waals surface area contributed by atoms with Crippen LogP contribution in [0.4, 0.5) is 0 Å². The van der Waals surface area contributed by atoms with Gasteiger partial charge in [0.15, 0.2) is 0 Å². The Morgan fingerprint density at radius 1 is 1.73 bits per heavy atom. The van der Waals surface area contributed by atoms with Gasteiger partial charge in [0.25, 0.3) is 0 Å². The minimum atomic E-state index is 0.517. The van der Waals surface area contributed by atoms with E-state index in [0.29, 0.717) is 18.5 Å². The molecule has 11 heavy (non-hydrogen) atoms. The Bertz CT molecular complexity index is 159. The van der Waals surface area contributed by atoms with Gasteiger partial charge in [-0.1, -0.05) is 6.92 Å². The highest BCUT2D eigenvalue weighted by atomic mass is 15.2. The van der Waals surface area contributed by atoms with Gasteiger partial charge in [-0.3, -0.25) is 4.90 Å². The molecule has 2 atom stereocenters. The van der Waals surface area contributed by atoms with E-state index in [4.69, 9.17) is 5.26 Å². The molecule has 1 rings (SSSR count). The number of hydrogen-bond acceptors (Lipinski definition) is 2. The molecule has 0 amide bonds. The van der Waals surface area contributed by atoms with Gasteiger partial charge in [-0.25, -0.2) is 0 Å². The van der Waals surface area contributed by atoms with Gasteiger partial charge < -0.3 is 0 Å². The highest BCUT2D eigenvalue weighted by Crippen LogP contribution is 2.22. The molecule has 0 N–H and O–H groups in total. The van der Waals surface area contributed by atoms with Crippen molar-refractivity contribution in [3.05, 3.63) is 0 Å². The van der Waals surface area contributed by atoms with E-state index in [2.05, 4.69) is 24.8 Å². The predicted molar refractivity (Wildman–Crippen MR) is 45.1 cm³/mol. The van der Waals surface area contributed by atoms with Crippen LogP contribution >= 0.6 is 0 Å². The Hall–Kier alpha value is -0.550. The summed E-state index contributed by atoms with van der Waals surface area (Å²) in [6.45, 7) is 5.60. The summed E-state index contributed by atoms with van der Waals surface area (Å²) in [5.41, 5.74) is 0. The van der Waals surface area contributed by atoms with E-state index in [1.54, 1.807) is 0 Å². The lowest BCUT2D eigenvalue weighted by Crippen LogP contribution is -2.51. The molecule has 1 saturated heterocycles. The van der Waals surface area contributed by atoms with Gasteiger partial charge in [0, 0.05) is 18.6 Å². The third kappa shape index (κ3) is 1.72. The molecular weight excluding hydrogens is 136 g/mol. The van der Waals surface area contributed by atoms with E-state index < -0.39 is 0 Å². The van der Waals surface area contributed by atoms with Crippen molar-refractivity contribution in [2.75, 3.05) is 6.54 Å². The van der Waals surface area contributed by atoms with Gasteiger partial charge in [0.1, 0.15) is 0 Å². The minimum Gasteiger partial charge on any atom is -0.297 e. The zero-order valence-electron chi connectivity index (χ0n) is 7.38. The first kappa shape index (κ1) is 8.55. The summed E-state index contributed by atoms with van der Waals surface area (Å²) in [7, 11) is 0. The largest absolute Gasteiger partial charge is 0.297 e. The lowest BCUT2D eigenvalue weighted by atomic mass is 9.98. The molecule has 2 unspecified atom stereocenters. The van der Waals surface area contributed by atoms with Gasteiger partial charge in [-0.2, -0.15) is 5.26 Å². The lowest BCUT2D eigenvalue weighted by molar-refractivity contribution is 0.0525. The first-order valence-corrected chi connectivity index (χ1v) is 4.42. The van der Waals surface area contributed by atoms with E-state index in [0.717, 1.165) is 6.42 Å². The molecule has 0 bridgehead atoms. The summed E-state index contributed by atoms with van der Waals surface area (Å²) < 4.78 is 0. The van der Waals surface area contributed by atoms with E-state index in [-0.39, 0.29) is 0 Å². The lowest BCUT2D eigenvalue weighted by Gasteiger charge is -2.43. The smallest absolute Gasteiger partial charge is 0.0638 e. The van der Waals surface area contributed by atoms with Crippen LogP contribution in [0.3, 0.4) is 0 Å². The first-order valence-electron chi connectivity index (χ1n) is 4.42. The van der Waals surface area contributed by atoms with Gasteiger partial charge in [0.05, 0.1) is 12.5 Å². The van der Waals surface area contributed by atoms with Crippen molar-refractivity contribution in [3.63, 3.8) is 0 Å². The molecule has 0 aliphatic carbocycles. The van der Waals surface area contributed by atoms with Crippen molar-refractivity contribution in [1.82, 2.24) is 4.90 Å². The van der Waals surface area contributed by atoms with Crippen molar-refractivity contribution in [2.24, 2.45) is 0 Å². The summed E-state index contributed by atoms with van der Waals surface area (Å²) in [5, 5.41) is 8.55. The highest BCUT2D eigenvalue weighted by Gasteiger charge is 2.28. The Kier molecular flexibility index (Phi) is 2.90. The average Bonchev–Trinajstić information content (AvgIpc) is 2.01. The molecule has 0 saturated carbocycles. The molecule has 0 radical (unpaired) electrons. The Labute approximate surface area is 68.8 Å². The molecule has 0 aromatic heterocycles. The van der Waals surface area contributed by atoms with Crippen LogP contribution in [-0.2, 0) is 0 Å². The number of nitrogens with zero attached hydrogens (tertiary/aromatic N) is 2. The molecule has 2 nitrogen and oxygen atoms in total. The summed E-state index contributed by atoms with van der Waals surface area (Å²) in [6.07, 6.45) is 3.11. The minimum absolute atomic E-state index is 0.517. The maximum atomic E-state index is 8.55. The third-order valence-electron chi connectivity index (χ3n) is 2.64. The van der Waals surface area contributed by atoms with Crippen LogP contribution in [0.2, 0.25) is 0 Å². The number of rotatable bonds is 3. The van der Waals surface area contributed by atoms with Gasteiger partial charge >= 0.3 is 0 Å². The second-order valence-electron chi connectivity index (χ2n) is 3.30. The summed E-state index contributed by atoms with van der Waals surface area (Å²) in [4.78, 5) is 2.43. The van der Waals surface area contributed by atoms with E-state index in [9.17, 15) is 0 Å². The normalized spacial score (nSPS) is 27.2. The van der Waals surface area contributed by atoms with Crippen molar-refractivity contribution in [2.45, 2.75) is 45.2 Å². The van der Waals surface area contributed by atoms with Crippen LogP contribution < -0.4 is 0 Å². The second kappa shape index (κ2) is 3.73. The van der Waals surface area contributed by atoms with Crippen molar-refractivity contribution >= 4 is 0 Å². The molecule has 62 valence electrons. The molecule has 1 aliphatic rings. The highest BCUT2D eigenvalue weighted by molar-refractivity contribution is 4.89. The Morgan fingerprint density at radius 2 is 2.45 bits per heavy atom. The molecule has 1 heterocycles. The number of hydrogen-bond donors (Lipinski definition) is 0. The fourth-order valence-corrected chi connectivity index (χ4v) is 1.68. The zero-order chi connectivity index (χ0) is 8.27. The van der Waals surface area contributed by atoms with E-state index in [1.165, 1.54) is 13.0 Å².